The Hall–Kier alpha value is -3.91. The van der Waals surface area contributed by atoms with E-state index >= 15 is 0 Å². The lowest BCUT2D eigenvalue weighted by Crippen LogP contribution is -2.64. The topological polar surface area (TPSA) is 408 Å². The number of aliphatic hydroxyl groups excluding tert-OH is 13. The highest BCUT2D eigenvalue weighted by molar-refractivity contribution is 5.88. The summed E-state index contributed by atoms with van der Waals surface area (Å²) in [6.45, 7) is -0.913. The number of benzene rings is 2. The number of phenols is 2. The van der Waals surface area contributed by atoms with E-state index in [2.05, 4.69) is 0 Å². The van der Waals surface area contributed by atoms with Gasteiger partial charge in [-0.25, -0.2) is 0 Å². The Labute approximate surface area is 360 Å². The summed E-state index contributed by atoms with van der Waals surface area (Å²) in [6.07, 6.45) is -34.6. The molecule has 3 aromatic rings. The molecule has 356 valence electrons. The van der Waals surface area contributed by atoms with E-state index in [1.165, 1.54) is 31.2 Å². The summed E-state index contributed by atoms with van der Waals surface area (Å²) in [5.74, 6) is -2.44. The summed E-state index contributed by atoms with van der Waals surface area (Å²) in [5.41, 5.74) is -1.42. The van der Waals surface area contributed by atoms with Gasteiger partial charge in [-0.1, -0.05) is 0 Å². The van der Waals surface area contributed by atoms with Crippen molar-refractivity contribution in [1.29, 1.82) is 0 Å². The van der Waals surface area contributed by atoms with Crippen molar-refractivity contribution < 1.29 is 119 Å². The molecule has 0 saturated carbocycles. The van der Waals surface area contributed by atoms with Gasteiger partial charge in [0.05, 0.1) is 25.9 Å². The molecule has 7 rings (SSSR count). The Balaban J connectivity index is 1.16. The van der Waals surface area contributed by atoms with E-state index in [9.17, 15) is 81.4 Å². The molecule has 4 aliphatic rings. The molecule has 4 fully saturated rings. The van der Waals surface area contributed by atoms with Crippen molar-refractivity contribution >= 4 is 11.0 Å². The van der Waals surface area contributed by atoms with Crippen LogP contribution in [0.15, 0.2) is 45.6 Å². The lowest BCUT2D eigenvalue weighted by atomic mass is 9.97. The van der Waals surface area contributed by atoms with Gasteiger partial charge in [-0.3, -0.25) is 4.79 Å². The standard InChI is InChI=1S/C39H50O25/c1-11-21(44)34(63-37-30(53)27(50)23(46)18(9-41)61-37)32(55)39(57-11)58-14-6-15(43)20-16(7-14)59-33(12-2-4-13(42)5-3-12)35(25(20)48)64-38-31(54)28(51)24(47)19(62-38)10-56-36-29(52)26(49)22(45)17(8-40)60-36/h2-7,11,17-19,21-24,26-32,34,36-47,49-55H,8-10H2,1H3/t11-,17+,18+,19+,21-,22+,23+,24-,26-,27-,28-,29+,30+,31+,32+,34+,36+,37-,38-,39-/m0/s1. The monoisotopic (exact) mass is 918 g/mol. The first-order chi connectivity index (χ1) is 30.3. The summed E-state index contributed by atoms with van der Waals surface area (Å²) < 4.78 is 50.9. The molecule has 0 amide bonds. The molecule has 15 N–H and O–H groups in total. The van der Waals surface area contributed by atoms with Crippen LogP contribution in [-0.2, 0) is 28.4 Å². The molecule has 0 bridgehead atoms. The van der Waals surface area contributed by atoms with E-state index in [1.807, 2.05) is 0 Å². The third-order valence-electron chi connectivity index (χ3n) is 11.4. The number of aromatic hydroxyl groups is 2. The maximum Gasteiger partial charge on any atom is 0.239 e. The Morgan fingerprint density at radius 3 is 1.72 bits per heavy atom. The normalized spacial score (nSPS) is 40.6. The summed E-state index contributed by atoms with van der Waals surface area (Å²) in [4.78, 5) is 14.3. The maximum atomic E-state index is 14.3. The average molecular weight is 919 g/mol. The Bertz CT molecular complexity index is 2100. The van der Waals surface area contributed by atoms with Crippen LogP contribution in [0.25, 0.3) is 22.3 Å². The van der Waals surface area contributed by atoms with E-state index in [0.29, 0.717) is 0 Å². The van der Waals surface area contributed by atoms with E-state index in [-0.39, 0.29) is 22.6 Å². The van der Waals surface area contributed by atoms with Gasteiger partial charge >= 0.3 is 0 Å². The molecule has 1 aromatic heterocycles. The van der Waals surface area contributed by atoms with Crippen molar-refractivity contribution in [2.24, 2.45) is 0 Å². The predicted octanol–water partition coefficient (Wildman–Crippen LogP) is -6.10. The van der Waals surface area contributed by atoms with Crippen LogP contribution in [0.2, 0.25) is 0 Å². The van der Waals surface area contributed by atoms with Crippen LogP contribution >= 0.6 is 0 Å². The molecular weight excluding hydrogens is 868 g/mol. The van der Waals surface area contributed by atoms with Gasteiger partial charge in [-0.2, -0.15) is 0 Å². The predicted molar refractivity (Wildman–Crippen MR) is 204 cm³/mol. The van der Waals surface area contributed by atoms with Crippen LogP contribution < -0.4 is 14.9 Å². The number of hydrogen-bond acceptors (Lipinski definition) is 25. The molecule has 20 atom stereocenters. The first-order valence-corrected chi connectivity index (χ1v) is 19.9. The average Bonchev–Trinajstić information content (AvgIpc) is 3.27. The smallest absolute Gasteiger partial charge is 0.239 e. The van der Waals surface area contributed by atoms with Gasteiger partial charge in [0.2, 0.25) is 23.8 Å². The number of fused-ring (bicyclic) bond motifs is 1. The van der Waals surface area contributed by atoms with E-state index in [1.54, 1.807) is 0 Å². The first-order valence-electron chi connectivity index (χ1n) is 19.9. The molecule has 4 saturated heterocycles. The Kier molecular flexibility index (Phi) is 14.6. The highest BCUT2D eigenvalue weighted by Gasteiger charge is 2.52. The van der Waals surface area contributed by atoms with Gasteiger partial charge in [0.25, 0.3) is 0 Å². The van der Waals surface area contributed by atoms with Crippen molar-refractivity contribution in [2.75, 3.05) is 19.8 Å². The maximum absolute atomic E-state index is 14.3. The lowest BCUT2D eigenvalue weighted by Gasteiger charge is -2.45. The van der Waals surface area contributed by atoms with Crippen LogP contribution in [-0.4, -0.2) is 219 Å². The fourth-order valence-corrected chi connectivity index (χ4v) is 7.62. The molecule has 5 heterocycles. The molecule has 0 spiro atoms. The quantitative estimate of drug-likeness (QED) is 0.0804. The number of phenolic OH excluding ortho intramolecular Hbond substituents is 2. The van der Waals surface area contributed by atoms with Crippen LogP contribution in [0.4, 0.5) is 0 Å². The van der Waals surface area contributed by atoms with E-state index < -0.39 is 171 Å². The van der Waals surface area contributed by atoms with Crippen molar-refractivity contribution in [3.05, 3.63) is 46.6 Å². The van der Waals surface area contributed by atoms with Crippen LogP contribution in [0.1, 0.15) is 6.92 Å². The van der Waals surface area contributed by atoms with Crippen molar-refractivity contribution in [2.45, 2.75) is 130 Å². The zero-order chi connectivity index (χ0) is 46.5. The van der Waals surface area contributed by atoms with Gasteiger partial charge in [-0.05, 0) is 31.2 Å². The minimum Gasteiger partial charge on any atom is -0.508 e. The molecule has 0 unspecified atom stereocenters. The van der Waals surface area contributed by atoms with Crippen molar-refractivity contribution in [3.8, 4) is 34.3 Å². The largest absolute Gasteiger partial charge is 0.508 e. The minimum atomic E-state index is -2.07. The second-order valence-electron chi connectivity index (χ2n) is 15.7. The van der Waals surface area contributed by atoms with Crippen molar-refractivity contribution in [3.63, 3.8) is 0 Å². The van der Waals surface area contributed by atoms with Crippen LogP contribution in [0.3, 0.4) is 0 Å². The number of ether oxygens (including phenoxy) is 8. The van der Waals surface area contributed by atoms with Crippen LogP contribution in [0, 0.1) is 0 Å². The molecule has 0 radical (unpaired) electrons. The van der Waals surface area contributed by atoms with Crippen LogP contribution in [0.5, 0.6) is 23.0 Å². The number of rotatable bonds is 12. The van der Waals surface area contributed by atoms with Gasteiger partial charge in [0.1, 0.15) is 120 Å². The zero-order valence-corrected chi connectivity index (χ0v) is 33.4. The SMILES string of the molecule is C[C@@H]1O[C@@H](Oc2cc(O)c3c(=O)c(O[C@@H]4O[C@H](CO[C@@H]5O[C@H](CO)[C@@H](O)[C@H](O)[C@H]5O)[C@H](O)[C@H](O)[C@H]4O)c(-c4ccc(O)cc4)oc3c2)[C@H](O)[C@H](O[C@@H]2O[C@H](CO)[C@@H](O)[C@H](O)[C@H]2O)[C@H]1O. The molecule has 0 aliphatic carbocycles. The molecule has 25 heteroatoms. The molecule has 2 aromatic carbocycles. The highest BCUT2D eigenvalue weighted by Crippen LogP contribution is 2.39. The van der Waals surface area contributed by atoms with Gasteiger partial charge in [0.15, 0.2) is 18.3 Å². The Morgan fingerprint density at radius 1 is 0.578 bits per heavy atom. The van der Waals surface area contributed by atoms with Crippen molar-refractivity contribution in [1.82, 2.24) is 0 Å². The first kappa shape index (κ1) is 48.0. The fourth-order valence-electron chi connectivity index (χ4n) is 7.62. The highest BCUT2D eigenvalue weighted by atomic mass is 16.7. The van der Waals surface area contributed by atoms with E-state index in [4.69, 9.17) is 42.3 Å². The number of aliphatic hydroxyl groups is 13. The third-order valence-corrected chi connectivity index (χ3v) is 11.4. The molecule has 64 heavy (non-hydrogen) atoms. The summed E-state index contributed by atoms with van der Waals surface area (Å²) >= 11 is 0. The number of hydrogen-bond donors (Lipinski definition) is 15. The lowest BCUT2D eigenvalue weighted by molar-refractivity contribution is -0.350. The zero-order valence-electron chi connectivity index (χ0n) is 33.4. The minimum absolute atomic E-state index is 0.0630. The van der Waals surface area contributed by atoms with Gasteiger partial charge in [0, 0.05) is 17.7 Å². The second kappa shape index (κ2) is 19.5. The fraction of sp³-hybridized carbons (Fsp3) is 0.615. The summed E-state index contributed by atoms with van der Waals surface area (Å²) in [6, 6.07) is 7.06. The summed E-state index contributed by atoms with van der Waals surface area (Å²) in [5, 5.41) is 156. The van der Waals surface area contributed by atoms with Gasteiger partial charge in [-0.15, -0.1) is 0 Å². The molecule has 25 nitrogen and oxygen atoms in total. The summed E-state index contributed by atoms with van der Waals surface area (Å²) in [7, 11) is 0. The molecule has 4 aliphatic heterocycles. The van der Waals surface area contributed by atoms with Gasteiger partial charge < -0.3 is 119 Å². The third kappa shape index (κ3) is 9.25. The molecular formula is C39H50O25. The Morgan fingerprint density at radius 2 is 1.11 bits per heavy atom. The van der Waals surface area contributed by atoms with E-state index in [0.717, 1.165) is 12.1 Å². The second-order valence-corrected chi connectivity index (χ2v) is 15.7.